The highest BCUT2D eigenvalue weighted by atomic mass is 16.5. The molecule has 1 atom stereocenters. The molecule has 4 heteroatoms. The third-order valence-electron chi connectivity index (χ3n) is 2.32. The standard InChI is InChI=1S/C9H15NO3/c1-9(2)5-4-6(7(11)10-9)8(12)13-3/h6H,4-5H2,1-3H3,(H,10,11). The van der Waals surface area contributed by atoms with Crippen molar-refractivity contribution in [1.82, 2.24) is 5.32 Å². The van der Waals surface area contributed by atoms with Crippen molar-refractivity contribution >= 4 is 11.9 Å². The van der Waals surface area contributed by atoms with E-state index in [1.807, 2.05) is 13.8 Å². The van der Waals surface area contributed by atoms with E-state index in [4.69, 9.17) is 0 Å². The van der Waals surface area contributed by atoms with Gasteiger partial charge in [-0.15, -0.1) is 0 Å². The van der Waals surface area contributed by atoms with E-state index in [9.17, 15) is 9.59 Å². The number of amides is 1. The van der Waals surface area contributed by atoms with Gasteiger partial charge in [-0.25, -0.2) is 0 Å². The van der Waals surface area contributed by atoms with Crippen LogP contribution in [0, 0.1) is 5.92 Å². The van der Waals surface area contributed by atoms with Crippen molar-refractivity contribution in [2.45, 2.75) is 32.2 Å². The Kier molecular flexibility index (Phi) is 2.59. The Morgan fingerprint density at radius 2 is 2.23 bits per heavy atom. The van der Waals surface area contributed by atoms with E-state index in [1.54, 1.807) is 0 Å². The van der Waals surface area contributed by atoms with Gasteiger partial charge in [-0.2, -0.15) is 0 Å². The number of ether oxygens (including phenoxy) is 1. The van der Waals surface area contributed by atoms with Gasteiger partial charge in [-0.05, 0) is 26.7 Å². The topological polar surface area (TPSA) is 55.4 Å². The van der Waals surface area contributed by atoms with Crippen molar-refractivity contribution in [3.05, 3.63) is 0 Å². The van der Waals surface area contributed by atoms with E-state index in [0.717, 1.165) is 6.42 Å². The van der Waals surface area contributed by atoms with E-state index in [0.29, 0.717) is 6.42 Å². The number of hydrogen-bond donors (Lipinski definition) is 1. The minimum absolute atomic E-state index is 0.193. The Morgan fingerprint density at radius 1 is 1.62 bits per heavy atom. The molecule has 0 radical (unpaired) electrons. The van der Waals surface area contributed by atoms with E-state index in [-0.39, 0.29) is 11.4 Å². The first-order chi connectivity index (χ1) is 5.96. The SMILES string of the molecule is COC(=O)C1CCC(C)(C)NC1=O. The number of piperidine rings is 1. The van der Waals surface area contributed by atoms with Gasteiger partial charge in [0.05, 0.1) is 7.11 Å². The number of carbonyl (C=O) groups is 2. The fourth-order valence-corrected chi connectivity index (χ4v) is 1.49. The third-order valence-corrected chi connectivity index (χ3v) is 2.32. The van der Waals surface area contributed by atoms with Crippen LogP contribution in [0.2, 0.25) is 0 Å². The summed E-state index contributed by atoms with van der Waals surface area (Å²) >= 11 is 0. The molecular formula is C9H15NO3. The van der Waals surface area contributed by atoms with Crippen LogP contribution in [0.1, 0.15) is 26.7 Å². The molecule has 74 valence electrons. The maximum Gasteiger partial charge on any atom is 0.318 e. The van der Waals surface area contributed by atoms with Crippen LogP contribution in [-0.2, 0) is 14.3 Å². The van der Waals surface area contributed by atoms with Crippen molar-refractivity contribution < 1.29 is 14.3 Å². The van der Waals surface area contributed by atoms with E-state index in [1.165, 1.54) is 7.11 Å². The first-order valence-electron chi connectivity index (χ1n) is 4.36. The first-order valence-corrected chi connectivity index (χ1v) is 4.36. The fraction of sp³-hybridized carbons (Fsp3) is 0.778. The monoisotopic (exact) mass is 185 g/mol. The molecule has 1 rings (SSSR count). The summed E-state index contributed by atoms with van der Waals surface area (Å²) < 4.78 is 4.53. The largest absolute Gasteiger partial charge is 0.468 e. The molecule has 1 N–H and O–H groups in total. The number of esters is 1. The molecule has 1 heterocycles. The second-order valence-electron chi connectivity index (χ2n) is 3.99. The van der Waals surface area contributed by atoms with Crippen LogP contribution in [-0.4, -0.2) is 24.5 Å². The van der Waals surface area contributed by atoms with E-state index < -0.39 is 11.9 Å². The minimum atomic E-state index is -0.613. The van der Waals surface area contributed by atoms with Gasteiger partial charge in [-0.1, -0.05) is 0 Å². The molecule has 0 aromatic rings. The van der Waals surface area contributed by atoms with Crippen LogP contribution in [0.5, 0.6) is 0 Å². The second-order valence-corrected chi connectivity index (χ2v) is 3.99. The van der Waals surface area contributed by atoms with Crippen molar-refractivity contribution in [2.75, 3.05) is 7.11 Å². The van der Waals surface area contributed by atoms with Crippen molar-refractivity contribution in [3.8, 4) is 0 Å². The average molecular weight is 185 g/mol. The summed E-state index contributed by atoms with van der Waals surface area (Å²) in [5.74, 6) is -1.27. The lowest BCUT2D eigenvalue weighted by Gasteiger charge is -2.33. The molecule has 0 aromatic carbocycles. The lowest BCUT2D eigenvalue weighted by atomic mass is 9.86. The third kappa shape index (κ3) is 2.20. The summed E-state index contributed by atoms with van der Waals surface area (Å²) in [4.78, 5) is 22.5. The Labute approximate surface area is 77.6 Å². The molecule has 1 aliphatic heterocycles. The maximum atomic E-state index is 11.4. The van der Waals surface area contributed by atoms with Gasteiger partial charge < -0.3 is 10.1 Å². The van der Waals surface area contributed by atoms with Gasteiger partial charge in [0.15, 0.2) is 0 Å². The highest BCUT2D eigenvalue weighted by molar-refractivity contribution is 5.98. The van der Waals surface area contributed by atoms with Gasteiger partial charge in [-0.3, -0.25) is 9.59 Å². The Balaban J connectivity index is 2.64. The lowest BCUT2D eigenvalue weighted by molar-refractivity contribution is -0.152. The van der Waals surface area contributed by atoms with Crippen LogP contribution < -0.4 is 5.32 Å². The summed E-state index contributed by atoms with van der Waals surface area (Å²) in [6.45, 7) is 3.89. The minimum Gasteiger partial charge on any atom is -0.468 e. The number of carbonyl (C=O) groups excluding carboxylic acids is 2. The zero-order valence-corrected chi connectivity index (χ0v) is 8.22. The van der Waals surface area contributed by atoms with Crippen molar-refractivity contribution in [2.24, 2.45) is 5.92 Å². The van der Waals surface area contributed by atoms with Gasteiger partial charge in [0.25, 0.3) is 0 Å². The van der Waals surface area contributed by atoms with Crippen LogP contribution in [0.25, 0.3) is 0 Å². The molecule has 0 aliphatic carbocycles. The molecule has 0 aromatic heterocycles. The van der Waals surface area contributed by atoms with Crippen molar-refractivity contribution in [1.29, 1.82) is 0 Å². The summed E-state index contributed by atoms with van der Waals surface area (Å²) in [5, 5.41) is 2.78. The van der Waals surface area contributed by atoms with Crippen LogP contribution in [0.3, 0.4) is 0 Å². The summed E-state index contributed by atoms with van der Waals surface area (Å²) in [5.41, 5.74) is -0.193. The molecule has 0 bridgehead atoms. The van der Waals surface area contributed by atoms with E-state index in [2.05, 4.69) is 10.1 Å². The molecule has 1 unspecified atom stereocenters. The lowest BCUT2D eigenvalue weighted by Crippen LogP contribution is -2.52. The van der Waals surface area contributed by atoms with Gasteiger partial charge in [0, 0.05) is 5.54 Å². The molecular weight excluding hydrogens is 170 g/mol. The zero-order chi connectivity index (χ0) is 10.1. The molecule has 1 aliphatic rings. The normalized spacial score (nSPS) is 26.4. The molecule has 1 saturated heterocycles. The zero-order valence-electron chi connectivity index (χ0n) is 8.22. The Bertz CT molecular complexity index is 235. The summed E-state index contributed by atoms with van der Waals surface area (Å²) in [7, 11) is 1.30. The fourth-order valence-electron chi connectivity index (χ4n) is 1.49. The predicted octanol–water partition coefficient (Wildman–Crippen LogP) is 0.464. The Morgan fingerprint density at radius 3 is 2.69 bits per heavy atom. The van der Waals surface area contributed by atoms with Gasteiger partial charge in [0.1, 0.15) is 5.92 Å². The maximum absolute atomic E-state index is 11.4. The van der Waals surface area contributed by atoms with Gasteiger partial charge in [0.2, 0.25) is 5.91 Å². The number of rotatable bonds is 1. The van der Waals surface area contributed by atoms with E-state index >= 15 is 0 Å². The van der Waals surface area contributed by atoms with Crippen LogP contribution in [0.4, 0.5) is 0 Å². The molecule has 1 fully saturated rings. The highest BCUT2D eigenvalue weighted by Crippen LogP contribution is 2.23. The van der Waals surface area contributed by atoms with Crippen LogP contribution >= 0.6 is 0 Å². The molecule has 0 saturated carbocycles. The Hall–Kier alpha value is -1.06. The van der Waals surface area contributed by atoms with Gasteiger partial charge >= 0.3 is 5.97 Å². The average Bonchev–Trinajstić information content (AvgIpc) is 2.01. The molecule has 4 nitrogen and oxygen atoms in total. The molecule has 0 spiro atoms. The van der Waals surface area contributed by atoms with Crippen molar-refractivity contribution in [3.63, 3.8) is 0 Å². The smallest absolute Gasteiger partial charge is 0.318 e. The first kappa shape index (κ1) is 10.0. The molecule has 1 amide bonds. The number of hydrogen-bond acceptors (Lipinski definition) is 3. The predicted molar refractivity (Wildman–Crippen MR) is 47.0 cm³/mol. The molecule has 13 heavy (non-hydrogen) atoms. The highest BCUT2D eigenvalue weighted by Gasteiger charge is 2.37. The summed E-state index contributed by atoms with van der Waals surface area (Å²) in [6.07, 6.45) is 1.38. The number of methoxy groups -OCH3 is 1. The second kappa shape index (κ2) is 3.36. The van der Waals surface area contributed by atoms with Crippen LogP contribution in [0.15, 0.2) is 0 Å². The quantitative estimate of drug-likeness (QED) is 0.477. The summed E-state index contributed by atoms with van der Waals surface area (Å²) in [6, 6.07) is 0. The number of nitrogens with one attached hydrogen (secondary N) is 1.